The van der Waals surface area contributed by atoms with Crippen LogP contribution in [0.25, 0.3) is 0 Å². The first-order chi connectivity index (χ1) is 11.8. The summed E-state index contributed by atoms with van der Waals surface area (Å²) in [5.41, 5.74) is 2.00. The van der Waals surface area contributed by atoms with Gasteiger partial charge in [0.25, 0.3) is 0 Å². The SMILES string of the molecule is C=CCNCC(=O)Nc1ccccc1OCCCc1ccccc1. The van der Waals surface area contributed by atoms with Gasteiger partial charge in [-0.1, -0.05) is 48.5 Å². The molecule has 4 heteroatoms. The maximum atomic E-state index is 11.9. The van der Waals surface area contributed by atoms with E-state index in [1.807, 2.05) is 42.5 Å². The molecule has 0 aliphatic carbocycles. The highest BCUT2D eigenvalue weighted by molar-refractivity contribution is 5.93. The van der Waals surface area contributed by atoms with Gasteiger partial charge in [0.1, 0.15) is 5.75 Å². The highest BCUT2D eigenvalue weighted by atomic mass is 16.5. The second-order valence-corrected chi connectivity index (χ2v) is 5.40. The number of aryl methyl sites for hydroxylation is 1. The first-order valence-corrected chi connectivity index (χ1v) is 8.17. The zero-order valence-corrected chi connectivity index (χ0v) is 13.8. The molecule has 0 fully saturated rings. The molecule has 0 spiro atoms. The van der Waals surface area contributed by atoms with E-state index in [9.17, 15) is 4.79 Å². The standard InChI is InChI=1S/C20H24N2O2/c1-2-14-21-16-20(23)22-18-12-6-7-13-19(18)24-15-8-11-17-9-4-3-5-10-17/h2-7,9-10,12-13,21H,1,8,11,14-16H2,(H,22,23). The van der Waals surface area contributed by atoms with Gasteiger partial charge in [-0.05, 0) is 30.5 Å². The Balaban J connectivity index is 1.80. The second kappa shape index (κ2) is 10.2. The molecule has 2 aromatic carbocycles. The van der Waals surface area contributed by atoms with Crippen LogP contribution in [0, 0.1) is 0 Å². The Labute approximate surface area is 143 Å². The van der Waals surface area contributed by atoms with E-state index in [1.165, 1.54) is 5.56 Å². The van der Waals surface area contributed by atoms with Gasteiger partial charge in [-0.15, -0.1) is 6.58 Å². The maximum Gasteiger partial charge on any atom is 0.238 e. The van der Waals surface area contributed by atoms with Crippen molar-refractivity contribution in [2.24, 2.45) is 0 Å². The van der Waals surface area contributed by atoms with Crippen LogP contribution >= 0.6 is 0 Å². The minimum absolute atomic E-state index is 0.0998. The van der Waals surface area contributed by atoms with Crippen molar-refractivity contribution < 1.29 is 9.53 Å². The number of carbonyl (C=O) groups excluding carboxylic acids is 1. The van der Waals surface area contributed by atoms with Crippen molar-refractivity contribution >= 4 is 11.6 Å². The van der Waals surface area contributed by atoms with Crippen LogP contribution < -0.4 is 15.4 Å². The van der Waals surface area contributed by atoms with Gasteiger partial charge < -0.3 is 15.4 Å². The molecule has 0 saturated heterocycles. The minimum atomic E-state index is -0.0998. The summed E-state index contributed by atoms with van der Waals surface area (Å²) in [5.74, 6) is 0.597. The predicted molar refractivity (Wildman–Crippen MR) is 98.4 cm³/mol. The lowest BCUT2D eigenvalue weighted by atomic mass is 10.1. The summed E-state index contributed by atoms with van der Waals surface area (Å²) in [5, 5.41) is 5.84. The number of hydrogen-bond acceptors (Lipinski definition) is 3. The summed E-state index contributed by atoms with van der Waals surface area (Å²) in [6, 6.07) is 17.8. The minimum Gasteiger partial charge on any atom is -0.491 e. The predicted octanol–water partition coefficient (Wildman–Crippen LogP) is 3.41. The van der Waals surface area contributed by atoms with E-state index in [4.69, 9.17) is 4.74 Å². The van der Waals surface area contributed by atoms with Gasteiger partial charge in [-0.3, -0.25) is 4.79 Å². The van der Waals surface area contributed by atoms with Gasteiger partial charge in [-0.2, -0.15) is 0 Å². The summed E-state index contributed by atoms with van der Waals surface area (Å²) in [6.07, 6.45) is 3.62. The summed E-state index contributed by atoms with van der Waals surface area (Å²) in [7, 11) is 0. The molecule has 2 rings (SSSR count). The average Bonchev–Trinajstić information content (AvgIpc) is 2.61. The summed E-state index contributed by atoms with van der Waals surface area (Å²) in [6.45, 7) is 5.06. The monoisotopic (exact) mass is 324 g/mol. The molecule has 2 N–H and O–H groups in total. The zero-order valence-electron chi connectivity index (χ0n) is 13.8. The van der Waals surface area contributed by atoms with Crippen molar-refractivity contribution in [3.05, 3.63) is 72.8 Å². The fraction of sp³-hybridized carbons (Fsp3) is 0.250. The van der Waals surface area contributed by atoms with Crippen molar-refractivity contribution in [1.82, 2.24) is 5.32 Å². The number of nitrogens with one attached hydrogen (secondary N) is 2. The van der Waals surface area contributed by atoms with Crippen LogP contribution in [0.5, 0.6) is 5.75 Å². The molecular formula is C20H24N2O2. The summed E-state index contributed by atoms with van der Waals surface area (Å²) < 4.78 is 5.83. The lowest BCUT2D eigenvalue weighted by molar-refractivity contribution is -0.115. The van der Waals surface area contributed by atoms with E-state index in [0.29, 0.717) is 24.6 Å². The Morgan fingerprint density at radius 2 is 1.83 bits per heavy atom. The molecule has 0 saturated carbocycles. The average molecular weight is 324 g/mol. The molecule has 1 amide bonds. The lowest BCUT2D eigenvalue weighted by Crippen LogP contribution is -2.28. The number of rotatable bonds is 10. The fourth-order valence-electron chi connectivity index (χ4n) is 2.28. The van der Waals surface area contributed by atoms with Gasteiger partial charge in [0.05, 0.1) is 18.8 Å². The number of carbonyl (C=O) groups is 1. The molecule has 4 nitrogen and oxygen atoms in total. The third-order valence-electron chi connectivity index (χ3n) is 3.45. The molecule has 24 heavy (non-hydrogen) atoms. The largest absolute Gasteiger partial charge is 0.491 e. The van der Waals surface area contributed by atoms with E-state index in [1.54, 1.807) is 6.08 Å². The third-order valence-corrected chi connectivity index (χ3v) is 3.45. The van der Waals surface area contributed by atoms with Crippen LogP contribution in [0.3, 0.4) is 0 Å². The van der Waals surface area contributed by atoms with Crippen molar-refractivity contribution in [1.29, 1.82) is 0 Å². The van der Waals surface area contributed by atoms with Gasteiger partial charge in [0, 0.05) is 6.54 Å². The summed E-state index contributed by atoms with van der Waals surface area (Å²) in [4.78, 5) is 11.9. The first-order valence-electron chi connectivity index (χ1n) is 8.17. The first kappa shape index (κ1) is 17.8. The molecule has 0 atom stereocenters. The molecule has 0 unspecified atom stereocenters. The molecule has 0 radical (unpaired) electrons. The molecule has 0 aromatic heterocycles. The van der Waals surface area contributed by atoms with Crippen molar-refractivity contribution in [2.45, 2.75) is 12.8 Å². The smallest absolute Gasteiger partial charge is 0.238 e. The molecule has 126 valence electrons. The number of para-hydroxylation sites is 2. The third kappa shape index (κ3) is 6.26. The van der Waals surface area contributed by atoms with E-state index in [0.717, 1.165) is 12.8 Å². The zero-order chi connectivity index (χ0) is 17.0. The van der Waals surface area contributed by atoms with E-state index < -0.39 is 0 Å². The normalized spacial score (nSPS) is 10.2. The fourth-order valence-corrected chi connectivity index (χ4v) is 2.28. The molecule has 2 aromatic rings. The Hall–Kier alpha value is -2.59. The maximum absolute atomic E-state index is 11.9. The van der Waals surface area contributed by atoms with Crippen LogP contribution in [0.2, 0.25) is 0 Å². The Bertz CT molecular complexity index is 641. The highest BCUT2D eigenvalue weighted by Crippen LogP contribution is 2.23. The topological polar surface area (TPSA) is 50.4 Å². The van der Waals surface area contributed by atoms with Crippen LogP contribution in [0.1, 0.15) is 12.0 Å². The van der Waals surface area contributed by atoms with Gasteiger partial charge in [-0.25, -0.2) is 0 Å². The Morgan fingerprint density at radius 3 is 2.62 bits per heavy atom. The Morgan fingerprint density at radius 1 is 1.08 bits per heavy atom. The molecule has 0 aliphatic heterocycles. The number of hydrogen-bond donors (Lipinski definition) is 2. The lowest BCUT2D eigenvalue weighted by Gasteiger charge is -2.12. The van der Waals surface area contributed by atoms with Crippen molar-refractivity contribution in [3.8, 4) is 5.75 Å². The number of amides is 1. The molecule has 0 aliphatic rings. The van der Waals surface area contributed by atoms with Crippen LogP contribution in [-0.4, -0.2) is 25.6 Å². The van der Waals surface area contributed by atoms with E-state index >= 15 is 0 Å². The molecule has 0 heterocycles. The van der Waals surface area contributed by atoms with Gasteiger partial charge >= 0.3 is 0 Å². The Kier molecular flexibility index (Phi) is 7.57. The molecule has 0 bridgehead atoms. The number of anilines is 1. The van der Waals surface area contributed by atoms with Crippen LogP contribution in [0.15, 0.2) is 67.3 Å². The van der Waals surface area contributed by atoms with E-state index in [-0.39, 0.29) is 12.5 Å². The highest BCUT2D eigenvalue weighted by Gasteiger charge is 2.07. The quantitative estimate of drug-likeness (QED) is 0.520. The van der Waals surface area contributed by atoms with Crippen LogP contribution in [-0.2, 0) is 11.2 Å². The van der Waals surface area contributed by atoms with Crippen LogP contribution in [0.4, 0.5) is 5.69 Å². The van der Waals surface area contributed by atoms with Gasteiger partial charge in [0.15, 0.2) is 0 Å². The van der Waals surface area contributed by atoms with Crippen molar-refractivity contribution in [2.75, 3.05) is 25.0 Å². The van der Waals surface area contributed by atoms with Gasteiger partial charge in [0.2, 0.25) is 5.91 Å². The van der Waals surface area contributed by atoms with Crippen molar-refractivity contribution in [3.63, 3.8) is 0 Å². The number of ether oxygens (including phenoxy) is 1. The second-order valence-electron chi connectivity index (χ2n) is 5.40. The summed E-state index contributed by atoms with van der Waals surface area (Å²) >= 11 is 0. The van der Waals surface area contributed by atoms with E-state index in [2.05, 4.69) is 29.3 Å². The number of benzene rings is 2. The molecular weight excluding hydrogens is 300 g/mol.